The zero-order chi connectivity index (χ0) is 18.1. The van der Waals surface area contributed by atoms with E-state index in [-0.39, 0.29) is 0 Å². The van der Waals surface area contributed by atoms with Gasteiger partial charge < -0.3 is 4.74 Å². The highest BCUT2D eigenvalue weighted by Crippen LogP contribution is 2.24. The molecule has 0 aliphatic heterocycles. The molecule has 2 aromatic rings. The van der Waals surface area contributed by atoms with Crippen LogP contribution in [0.2, 0.25) is 0 Å². The second-order valence-corrected chi connectivity index (χ2v) is 7.29. The molecule has 1 nitrogen and oxygen atoms in total. The maximum absolute atomic E-state index is 5.90. The van der Waals surface area contributed by atoms with Crippen molar-refractivity contribution in [3.63, 3.8) is 0 Å². The molecule has 2 radical (unpaired) electrons. The Kier molecular flexibility index (Phi) is 7.78. The summed E-state index contributed by atoms with van der Waals surface area (Å²) < 4.78 is 5.90. The lowest BCUT2D eigenvalue weighted by Crippen LogP contribution is -2.04. The van der Waals surface area contributed by atoms with Crippen LogP contribution in [0.1, 0.15) is 52.0 Å². The third kappa shape index (κ3) is 6.78. The van der Waals surface area contributed by atoms with Gasteiger partial charge in [0.1, 0.15) is 5.75 Å². The van der Waals surface area contributed by atoms with Gasteiger partial charge in [0.05, 0.1) is 6.61 Å². The molecular weight excluding hydrogens is 304 g/mol. The fourth-order valence-corrected chi connectivity index (χ4v) is 2.88. The Morgan fingerprint density at radius 3 is 2.48 bits per heavy atom. The highest BCUT2D eigenvalue weighted by molar-refractivity contribution is 5.66. The van der Waals surface area contributed by atoms with Gasteiger partial charge in [0.15, 0.2) is 0 Å². The van der Waals surface area contributed by atoms with Crippen molar-refractivity contribution in [1.29, 1.82) is 0 Å². The molecule has 0 bridgehead atoms. The fourth-order valence-electron chi connectivity index (χ4n) is 2.88. The average Bonchev–Trinajstić information content (AvgIpc) is 2.62. The maximum Gasteiger partial charge on any atom is 0.119 e. The number of hydrogen-bond donors (Lipinski definition) is 0. The van der Waals surface area contributed by atoms with Gasteiger partial charge in [-0.15, -0.1) is 0 Å². The minimum Gasteiger partial charge on any atom is -0.494 e. The van der Waals surface area contributed by atoms with E-state index in [1.165, 1.54) is 19.3 Å². The second-order valence-electron chi connectivity index (χ2n) is 7.29. The first kappa shape index (κ1) is 19.3. The van der Waals surface area contributed by atoms with Crippen LogP contribution in [-0.2, 0) is 0 Å². The van der Waals surface area contributed by atoms with Crippen molar-refractivity contribution < 1.29 is 4.74 Å². The summed E-state index contributed by atoms with van der Waals surface area (Å²) in [5, 5.41) is 0. The first-order chi connectivity index (χ1) is 12.1. The Hall–Kier alpha value is -2.02. The van der Waals surface area contributed by atoms with Crippen LogP contribution in [0.15, 0.2) is 42.5 Å². The van der Waals surface area contributed by atoms with Crippen molar-refractivity contribution in [2.75, 3.05) is 6.61 Å². The Bertz CT molecular complexity index is 639. The summed E-state index contributed by atoms with van der Waals surface area (Å²) in [7, 11) is 0. The van der Waals surface area contributed by atoms with Crippen LogP contribution in [0.25, 0.3) is 17.2 Å². The van der Waals surface area contributed by atoms with Crippen molar-refractivity contribution in [2.24, 2.45) is 11.8 Å². The number of ether oxygens (including phenoxy) is 1. The molecule has 2 rings (SSSR count). The molecule has 0 heterocycles. The van der Waals surface area contributed by atoms with Gasteiger partial charge in [-0.1, -0.05) is 77.0 Å². The maximum atomic E-state index is 5.90. The topological polar surface area (TPSA) is 9.23 Å². The quantitative estimate of drug-likeness (QED) is 0.462. The van der Waals surface area contributed by atoms with Gasteiger partial charge in [-0.2, -0.15) is 0 Å². The van der Waals surface area contributed by atoms with Crippen LogP contribution in [0.4, 0.5) is 0 Å². The molecule has 0 spiro atoms. The van der Waals surface area contributed by atoms with Crippen molar-refractivity contribution >= 4 is 6.08 Å². The lowest BCUT2D eigenvalue weighted by atomic mass is 9.98. The monoisotopic (exact) mass is 334 g/mol. The largest absolute Gasteiger partial charge is 0.494 e. The molecule has 0 aromatic heterocycles. The zero-order valence-electron chi connectivity index (χ0n) is 15.8. The lowest BCUT2D eigenvalue weighted by molar-refractivity contribution is 0.276. The van der Waals surface area contributed by atoms with E-state index in [1.807, 2.05) is 30.3 Å². The van der Waals surface area contributed by atoms with Crippen LogP contribution in [-0.4, -0.2) is 6.61 Å². The average molecular weight is 335 g/mol. The van der Waals surface area contributed by atoms with Gasteiger partial charge in [-0.05, 0) is 59.2 Å². The van der Waals surface area contributed by atoms with Gasteiger partial charge in [-0.3, -0.25) is 0 Å². The predicted molar refractivity (Wildman–Crippen MR) is 107 cm³/mol. The first-order valence-corrected chi connectivity index (χ1v) is 9.38. The van der Waals surface area contributed by atoms with Gasteiger partial charge in [-0.25, -0.2) is 0 Å². The Balaban J connectivity index is 1.79. The van der Waals surface area contributed by atoms with Gasteiger partial charge in [0.2, 0.25) is 0 Å². The van der Waals surface area contributed by atoms with Crippen LogP contribution < -0.4 is 4.74 Å². The number of benzene rings is 2. The molecule has 0 saturated heterocycles. The van der Waals surface area contributed by atoms with Crippen LogP contribution in [0, 0.1) is 24.5 Å². The molecule has 1 unspecified atom stereocenters. The Morgan fingerprint density at radius 2 is 1.80 bits per heavy atom. The lowest BCUT2D eigenvalue weighted by Gasteiger charge is -2.13. The van der Waals surface area contributed by atoms with E-state index < -0.39 is 0 Å². The van der Waals surface area contributed by atoms with Crippen molar-refractivity contribution in [3.05, 3.63) is 60.7 Å². The highest BCUT2D eigenvalue weighted by Gasteiger charge is 2.05. The minimum absolute atomic E-state index is 0.725. The molecule has 0 amide bonds. The zero-order valence-corrected chi connectivity index (χ0v) is 15.8. The van der Waals surface area contributed by atoms with Crippen LogP contribution in [0.5, 0.6) is 5.75 Å². The highest BCUT2D eigenvalue weighted by atomic mass is 16.5. The molecule has 132 valence electrons. The molecule has 0 saturated carbocycles. The first-order valence-electron chi connectivity index (χ1n) is 9.38. The van der Waals surface area contributed by atoms with Gasteiger partial charge >= 0.3 is 0 Å². The summed E-state index contributed by atoms with van der Waals surface area (Å²) in [6.07, 6.45) is 6.67. The second kappa shape index (κ2) is 10.1. The molecule has 25 heavy (non-hydrogen) atoms. The minimum atomic E-state index is 0.725. The Labute approximate surface area is 153 Å². The molecule has 1 heteroatoms. The fraction of sp³-hybridized carbons (Fsp3) is 0.417. The standard InChI is InChI=1S/C24H30O/c1-5-21-10-7-11-23(18-21)22-12-14-24(15-13-22)25-17-16-20(4)9-6-8-19(2)3/h1,5,7,10,12-15,18-20H,6,8-9,16-17H2,2-4H3. The van der Waals surface area contributed by atoms with E-state index in [4.69, 9.17) is 11.3 Å². The van der Waals surface area contributed by atoms with Crippen molar-refractivity contribution in [2.45, 2.75) is 46.5 Å². The SMILES string of the molecule is [CH]=Cc1cc[c]c(-c2ccc(OCCC(C)CCCC(C)C)cc2)c1. The number of rotatable bonds is 10. The summed E-state index contributed by atoms with van der Waals surface area (Å²) in [5.41, 5.74) is 3.17. The molecule has 0 N–H and O–H groups in total. The van der Waals surface area contributed by atoms with E-state index in [2.05, 4.69) is 39.0 Å². The number of hydrogen-bond acceptors (Lipinski definition) is 1. The van der Waals surface area contributed by atoms with Crippen molar-refractivity contribution in [1.82, 2.24) is 0 Å². The van der Waals surface area contributed by atoms with Gasteiger partial charge in [0, 0.05) is 0 Å². The summed E-state index contributed by atoms with van der Waals surface area (Å²) in [6.45, 7) is 13.3. The Morgan fingerprint density at radius 1 is 1.04 bits per heavy atom. The van der Waals surface area contributed by atoms with E-state index >= 15 is 0 Å². The molecule has 2 aromatic carbocycles. The van der Waals surface area contributed by atoms with E-state index in [9.17, 15) is 0 Å². The van der Waals surface area contributed by atoms with Crippen LogP contribution >= 0.6 is 0 Å². The van der Waals surface area contributed by atoms with E-state index in [1.54, 1.807) is 6.08 Å². The van der Waals surface area contributed by atoms with Crippen LogP contribution in [0.3, 0.4) is 0 Å². The molecule has 0 aliphatic carbocycles. The van der Waals surface area contributed by atoms with E-state index in [0.29, 0.717) is 0 Å². The third-order valence-electron chi connectivity index (χ3n) is 4.54. The third-order valence-corrected chi connectivity index (χ3v) is 4.54. The van der Waals surface area contributed by atoms with E-state index in [0.717, 1.165) is 47.3 Å². The summed E-state index contributed by atoms with van der Waals surface area (Å²) in [4.78, 5) is 0. The van der Waals surface area contributed by atoms with Crippen molar-refractivity contribution in [3.8, 4) is 16.9 Å². The molecule has 0 fully saturated rings. The normalized spacial score (nSPS) is 12.2. The summed E-state index contributed by atoms with van der Waals surface area (Å²) in [5.74, 6) is 2.46. The smallest absolute Gasteiger partial charge is 0.119 e. The summed E-state index contributed by atoms with van der Waals surface area (Å²) in [6, 6.07) is 17.4. The predicted octanol–water partition coefficient (Wildman–Crippen LogP) is 6.83. The molecule has 1 atom stereocenters. The molecule has 0 aliphatic rings. The van der Waals surface area contributed by atoms with Gasteiger partial charge in [0.25, 0.3) is 0 Å². The molecular formula is C24H30O. The summed E-state index contributed by atoms with van der Waals surface area (Å²) >= 11 is 0.